The van der Waals surface area contributed by atoms with Gasteiger partial charge in [-0.1, -0.05) is 19.1 Å². The Morgan fingerprint density at radius 3 is 2.30 bits per heavy atom. The van der Waals surface area contributed by atoms with Crippen molar-refractivity contribution in [1.29, 1.82) is 0 Å². The van der Waals surface area contributed by atoms with Crippen molar-refractivity contribution in [3.63, 3.8) is 0 Å². The Labute approximate surface area is 195 Å². The highest BCUT2D eigenvalue weighted by Gasteiger charge is 2.68. The fourth-order valence-corrected chi connectivity index (χ4v) is 5.58. The second kappa shape index (κ2) is 7.84. The number of hydrogen-bond acceptors (Lipinski definition) is 9. The highest BCUT2D eigenvalue weighted by molar-refractivity contribution is 6.24. The Bertz CT molecular complexity index is 1140. The summed E-state index contributed by atoms with van der Waals surface area (Å²) in [7, 11) is 2.92. The fourth-order valence-electron chi connectivity index (χ4n) is 5.58. The van der Waals surface area contributed by atoms with Gasteiger partial charge < -0.3 is 43.7 Å². The lowest BCUT2D eigenvalue weighted by molar-refractivity contribution is -0.169. The number of phenolic OH excluding ortho intramolecular Hbond substituents is 1. The van der Waals surface area contributed by atoms with E-state index in [1.54, 1.807) is 19.1 Å². The van der Waals surface area contributed by atoms with Crippen LogP contribution < -0.4 is 18.1 Å². The molecular weight excluding hydrogens is 456 g/mol. The van der Waals surface area contributed by atoms with Crippen molar-refractivity contribution in [2.75, 3.05) is 14.1 Å². The molecule has 0 saturated heterocycles. The molecule has 0 bridgehead atoms. The fraction of sp³-hybridized carbons (Fsp3) is 0.409. The zero-order valence-corrected chi connectivity index (χ0v) is 18.7. The van der Waals surface area contributed by atoms with Gasteiger partial charge in [-0.15, -0.1) is 0 Å². The van der Waals surface area contributed by atoms with Crippen LogP contribution in [0.2, 0.25) is 0 Å². The second-order valence-corrected chi connectivity index (χ2v) is 8.79. The monoisotopic (exact) mass is 479 g/mol. The SMILES string of the molecule is CC1c2cccc(O)c2C(O)=C2C(=O)C3(O)C(O)=C(C(N)=O)C(=O)C(N(C)C)C3C(O)C21.[Cl-]. The van der Waals surface area contributed by atoms with Crippen LogP contribution in [0, 0.1) is 11.8 Å². The van der Waals surface area contributed by atoms with Gasteiger partial charge in [0.05, 0.1) is 23.6 Å². The van der Waals surface area contributed by atoms with Crippen molar-refractivity contribution in [3.05, 3.63) is 46.2 Å². The molecule has 0 heterocycles. The number of primary amides is 1. The van der Waals surface area contributed by atoms with E-state index >= 15 is 0 Å². The van der Waals surface area contributed by atoms with E-state index in [0.717, 1.165) is 0 Å². The average molecular weight is 480 g/mol. The number of nitrogens with zero attached hydrogens (tertiary/aromatic N) is 1. The summed E-state index contributed by atoms with van der Waals surface area (Å²) in [5.74, 6) is -8.87. The first-order chi connectivity index (χ1) is 14.9. The largest absolute Gasteiger partial charge is 1.00 e. The first-order valence-corrected chi connectivity index (χ1v) is 10.0. The molecule has 0 spiro atoms. The lowest BCUT2D eigenvalue weighted by Gasteiger charge is -2.53. The molecule has 0 aromatic heterocycles. The zero-order chi connectivity index (χ0) is 23.9. The van der Waals surface area contributed by atoms with Crippen LogP contribution in [0.3, 0.4) is 0 Å². The van der Waals surface area contributed by atoms with Gasteiger partial charge in [0.2, 0.25) is 5.78 Å². The topological polar surface area (TPSA) is 182 Å². The van der Waals surface area contributed by atoms with Gasteiger partial charge in [0.15, 0.2) is 11.4 Å². The Morgan fingerprint density at radius 2 is 1.76 bits per heavy atom. The summed E-state index contributed by atoms with van der Waals surface area (Å²) in [6.45, 7) is 1.68. The zero-order valence-electron chi connectivity index (χ0n) is 18.0. The number of benzene rings is 1. The molecule has 10 nitrogen and oxygen atoms in total. The van der Waals surface area contributed by atoms with Gasteiger partial charge in [0.25, 0.3) is 5.91 Å². The number of nitrogens with two attached hydrogens (primary N) is 1. The molecule has 6 unspecified atom stereocenters. The van der Waals surface area contributed by atoms with Crippen LogP contribution in [-0.2, 0) is 14.4 Å². The average Bonchev–Trinajstić information content (AvgIpc) is 2.70. The van der Waals surface area contributed by atoms with Crippen LogP contribution in [0.4, 0.5) is 0 Å². The first kappa shape index (κ1) is 24.7. The summed E-state index contributed by atoms with van der Waals surface area (Å²) >= 11 is 0. The van der Waals surface area contributed by atoms with E-state index in [2.05, 4.69) is 0 Å². The summed E-state index contributed by atoms with van der Waals surface area (Å²) < 4.78 is 0. The molecule has 6 atom stereocenters. The van der Waals surface area contributed by atoms with Gasteiger partial charge in [-0.25, -0.2) is 0 Å². The molecule has 1 saturated carbocycles. The summed E-state index contributed by atoms with van der Waals surface area (Å²) in [6, 6.07) is 3.13. The molecule has 1 aromatic rings. The summed E-state index contributed by atoms with van der Waals surface area (Å²) in [6.07, 6.45) is -1.59. The Hall–Kier alpha value is -2.92. The molecule has 0 aliphatic heterocycles. The Kier molecular flexibility index (Phi) is 5.87. The van der Waals surface area contributed by atoms with E-state index in [1.165, 1.54) is 25.1 Å². The number of carbonyl (C=O) groups excluding carboxylic acids is 3. The van der Waals surface area contributed by atoms with Crippen molar-refractivity contribution in [1.82, 2.24) is 4.90 Å². The number of carbonyl (C=O) groups is 3. The molecule has 3 aliphatic carbocycles. The predicted octanol–water partition coefficient (Wildman–Crippen LogP) is -3.50. The van der Waals surface area contributed by atoms with E-state index in [1.807, 2.05) is 0 Å². The van der Waals surface area contributed by atoms with E-state index in [4.69, 9.17) is 5.73 Å². The number of likely N-dealkylation sites (N-methyl/N-ethyl adjacent to an activating group) is 1. The summed E-state index contributed by atoms with van der Waals surface area (Å²) in [5.41, 5.74) is 1.47. The number of rotatable bonds is 2. The van der Waals surface area contributed by atoms with E-state index < -0.39 is 75.6 Å². The molecule has 4 rings (SSSR count). The van der Waals surface area contributed by atoms with Crippen LogP contribution in [0.15, 0.2) is 35.1 Å². The van der Waals surface area contributed by atoms with Crippen LogP contribution in [0.1, 0.15) is 24.0 Å². The van der Waals surface area contributed by atoms with Gasteiger partial charge >= 0.3 is 0 Å². The molecule has 3 aliphatic rings. The predicted molar refractivity (Wildman–Crippen MR) is 110 cm³/mol. The maximum atomic E-state index is 13.7. The van der Waals surface area contributed by atoms with Gasteiger partial charge in [-0.05, 0) is 31.6 Å². The third-order valence-electron chi connectivity index (χ3n) is 6.99. The minimum atomic E-state index is -2.89. The van der Waals surface area contributed by atoms with Crippen LogP contribution in [0.25, 0.3) is 5.76 Å². The number of Topliss-reactive ketones (excluding diaryl/α,β-unsaturated/α-hetero) is 2. The molecule has 7 N–H and O–H groups in total. The Balaban J connectivity index is 0.00000306. The molecule has 1 aromatic carbocycles. The normalized spacial score (nSPS) is 33.3. The molecule has 11 heteroatoms. The maximum absolute atomic E-state index is 13.7. The second-order valence-electron chi connectivity index (χ2n) is 8.79. The molecule has 1 amide bonds. The van der Waals surface area contributed by atoms with E-state index in [-0.39, 0.29) is 23.7 Å². The summed E-state index contributed by atoms with van der Waals surface area (Å²) in [4.78, 5) is 40.0. The minimum absolute atomic E-state index is 0. The third-order valence-corrected chi connectivity index (χ3v) is 6.99. The van der Waals surface area contributed by atoms with Gasteiger partial charge in [0.1, 0.15) is 22.8 Å². The van der Waals surface area contributed by atoms with Crippen molar-refractivity contribution in [3.8, 4) is 5.75 Å². The molecule has 178 valence electrons. The number of hydrogen-bond donors (Lipinski definition) is 6. The lowest BCUT2D eigenvalue weighted by Crippen LogP contribution is -3.00. The number of phenols is 1. The molecular formula is C22H24ClN2O8-. The minimum Gasteiger partial charge on any atom is -1.00 e. The molecule has 0 radical (unpaired) electrons. The highest BCUT2D eigenvalue weighted by atomic mass is 35.5. The number of amides is 1. The van der Waals surface area contributed by atoms with Gasteiger partial charge in [-0.3, -0.25) is 19.3 Å². The number of aliphatic hydroxyl groups is 4. The Morgan fingerprint density at radius 1 is 1.15 bits per heavy atom. The van der Waals surface area contributed by atoms with Crippen molar-refractivity contribution in [2.45, 2.75) is 30.6 Å². The van der Waals surface area contributed by atoms with E-state index in [9.17, 15) is 39.9 Å². The van der Waals surface area contributed by atoms with Crippen molar-refractivity contribution < 1.29 is 52.3 Å². The van der Waals surface area contributed by atoms with Crippen LogP contribution in [0.5, 0.6) is 5.75 Å². The smallest absolute Gasteiger partial charge is 0.255 e. The van der Waals surface area contributed by atoms with Gasteiger partial charge in [0, 0.05) is 11.5 Å². The first-order valence-electron chi connectivity index (χ1n) is 10.0. The number of aromatic hydroxyl groups is 1. The summed E-state index contributed by atoms with van der Waals surface area (Å²) in [5, 5.41) is 54.9. The maximum Gasteiger partial charge on any atom is 0.255 e. The lowest BCUT2D eigenvalue weighted by atomic mass is 9.54. The highest BCUT2D eigenvalue weighted by Crippen LogP contribution is 2.55. The van der Waals surface area contributed by atoms with Crippen LogP contribution in [-0.4, -0.2) is 79.7 Å². The number of ketones is 2. The van der Waals surface area contributed by atoms with E-state index in [0.29, 0.717) is 5.56 Å². The quantitative estimate of drug-likeness (QED) is 0.234. The van der Waals surface area contributed by atoms with Crippen molar-refractivity contribution >= 4 is 23.2 Å². The number of halogens is 1. The van der Waals surface area contributed by atoms with Crippen LogP contribution >= 0.6 is 0 Å². The van der Waals surface area contributed by atoms with Gasteiger partial charge in [-0.2, -0.15) is 0 Å². The third kappa shape index (κ3) is 2.95. The standard InChI is InChI=1S/C22H24N2O8.ClH/c1-7-8-5-4-6-9(25)11(8)16(26)12-10(7)17(27)14-15(24(2)3)18(28)13(21(23)31)20(30)22(14,32)19(12)29;/h4-7,10,14-15,17,25-27,30,32H,1-3H3,(H2,23,31);1H/p-1. The molecule has 1 fully saturated rings. The molecule has 33 heavy (non-hydrogen) atoms. The number of aliphatic hydroxyl groups excluding tert-OH is 3. The van der Waals surface area contributed by atoms with Crippen molar-refractivity contribution in [2.24, 2.45) is 17.6 Å². The number of fused-ring (bicyclic) bond motifs is 3.